The van der Waals surface area contributed by atoms with E-state index in [-0.39, 0.29) is 0 Å². The van der Waals surface area contributed by atoms with E-state index in [4.69, 9.17) is 23.2 Å². The summed E-state index contributed by atoms with van der Waals surface area (Å²) >= 11 is 12.1. The summed E-state index contributed by atoms with van der Waals surface area (Å²) in [6, 6.07) is 7.04. The molecular weight excluding hydrogens is 259 g/mol. The minimum absolute atomic E-state index is 0.526. The third-order valence-corrected chi connectivity index (χ3v) is 2.72. The van der Waals surface area contributed by atoms with Crippen molar-refractivity contribution in [3.8, 4) is 0 Å². The van der Waals surface area contributed by atoms with E-state index in [1.807, 2.05) is 0 Å². The fourth-order valence-electron chi connectivity index (χ4n) is 1.29. The molecule has 0 aliphatic heterocycles. The van der Waals surface area contributed by atoms with Crippen LogP contribution < -0.4 is 10.6 Å². The lowest BCUT2D eigenvalue weighted by molar-refractivity contribution is 1.15. The van der Waals surface area contributed by atoms with Gasteiger partial charge in [0.2, 0.25) is 5.95 Å². The first-order valence-corrected chi connectivity index (χ1v) is 5.68. The molecule has 88 valence electrons. The quantitative estimate of drug-likeness (QED) is 0.894. The molecule has 0 saturated heterocycles. The highest BCUT2D eigenvalue weighted by Gasteiger charge is 2.06. The summed E-state index contributed by atoms with van der Waals surface area (Å²) in [6.07, 6.45) is 1.64. The molecule has 0 aliphatic carbocycles. The fraction of sp³-hybridized carbons (Fsp3) is 0.0909. The molecule has 2 rings (SSSR count). The van der Waals surface area contributed by atoms with E-state index in [0.717, 1.165) is 0 Å². The van der Waals surface area contributed by atoms with Crippen LogP contribution in [0.4, 0.5) is 17.5 Å². The fourth-order valence-corrected chi connectivity index (χ4v) is 1.79. The number of anilines is 3. The summed E-state index contributed by atoms with van der Waals surface area (Å²) in [5.74, 6) is 1.15. The Morgan fingerprint density at radius 3 is 2.47 bits per heavy atom. The molecule has 0 amide bonds. The first-order chi connectivity index (χ1) is 8.20. The summed E-state index contributed by atoms with van der Waals surface area (Å²) in [5.41, 5.74) is 0.636. The van der Waals surface area contributed by atoms with Crippen molar-refractivity contribution in [2.45, 2.75) is 0 Å². The normalized spacial score (nSPS) is 10.1. The van der Waals surface area contributed by atoms with Crippen molar-refractivity contribution in [2.24, 2.45) is 0 Å². The van der Waals surface area contributed by atoms with Crippen LogP contribution in [0.25, 0.3) is 0 Å². The van der Waals surface area contributed by atoms with Crippen LogP contribution >= 0.6 is 23.2 Å². The molecule has 0 aliphatic rings. The van der Waals surface area contributed by atoms with Crippen molar-refractivity contribution in [3.63, 3.8) is 0 Å². The van der Waals surface area contributed by atoms with Gasteiger partial charge in [-0.25, -0.2) is 4.98 Å². The van der Waals surface area contributed by atoms with Crippen LogP contribution in [0.15, 0.2) is 30.5 Å². The lowest BCUT2D eigenvalue weighted by atomic mass is 10.3. The molecule has 0 fully saturated rings. The Bertz CT molecular complexity index is 510. The van der Waals surface area contributed by atoms with Gasteiger partial charge < -0.3 is 10.6 Å². The maximum Gasteiger partial charge on any atom is 0.224 e. The van der Waals surface area contributed by atoms with Gasteiger partial charge in [-0.15, -0.1) is 0 Å². The molecule has 0 bridgehead atoms. The van der Waals surface area contributed by atoms with Crippen molar-refractivity contribution in [2.75, 3.05) is 17.7 Å². The number of rotatable bonds is 3. The molecule has 1 aromatic carbocycles. The van der Waals surface area contributed by atoms with Crippen LogP contribution in [0.3, 0.4) is 0 Å². The number of hydrogen-bond acceptors (Lipinski definition) is 4. The second-order valence-corrected chi connectivity index (χ2v) is 4.05. The molecule has 0 spiro atoms. The summed E-state index contributed by atoms with van der Waals surface area (Å²) in [4.78, 5) is 8.23. The second-order valence-electron chi connectivity index (χ2n) is 3.24. The number of halogens is 2. The first-order valence-electron chi connectivity index (χ1n) is 4.92. The van der Waals surface area contributed by atoms with Gasteiger partial charge in [0.25, 0.3) is 0 Å². The van der Waals surface area contributed by atoms with Crippen LogP contribution in [0.1, 0.15) is 0 Å². The van der Waals surface area contributed by atoms with Gasteiger partial charge >= 0.3 is 0 Å². The summed E-state index contributed by atoms with van der Waals surface area (Å²) in [7, 11) is 1.75. The Morgan fingerprint density at radius 1 is 1.12 bits per heavy atom. The average molecular weight is 269 g/mol. The van der Waals surface area contributed by atoms with Crippen molar-refractivity contribution >= 4 is 40.7 Å². The number of aromatic nitrogens is 2. The number of para-hydroxylation sites is 1. The van der Waals surface area contributed by atoms with Gasteiger partial charge in [0.1, 0.15) is 5.82 Å². The highest BCUT2D eigenvalue weighted by atomic mass is 35.5. The van der Waals surface area contributed by atoms with E-state index in [1.165, 1.54) is 0 Å². The van der Waals surface area contributed by atoms with Gasteiger partial charge in [0, 0.05) is 13.2 Å². The van der Waals surface area contributed by atoms with Crippen LogP contribution in [-0.2, 0) is 0 Å². The Hall–Kier alpha value is -1.52. The molecule has 4 nitrogen and oxygen atoms in total. The molecule has 0 atom stereocenters. The van der Waals surface area contributed by atoms with Crippen molar-refractivity contribution in [1.29, 1.82) is 0 Å². The predicted octanol–water partition coefficient (Wildman–Crippen LogP) is 3.57. The minimum Gasteiger partial charge on any atom is -0.357 e. The van der Waals surface area contributed by atoms with Crippen LogP contribution in [0.5, 0.6) is 0 Å². The number of hydrogen-bond donors (Lipinski definition) is 2. The van der Waals surface area contributed by atoms with E-state index >= 15 is 0 Å². The molecule has 2 aromatic rings. The number of benzene rings is 1. The van der Waals surface area contributed by atoms with E-state index in [2.05, 4.69) is 20.6 Å². The zero-order valence-corrected chi connectivity index (χ0v) is 10.5. The predicted molar refractivity (Wildman–Crippen MR) is 71.3 cm³/mol. The molecule has 0 saturated carbocycles. The third-order valence-electron chi connectivity index (χ3n) is 2.10. The standard InChI is InChI=1S/C11H10Cl2N4/c1-14-11-15-6-5-9(17-11)16-10-7(12)3-2-4-8(10)13/h2-6H,1H3,(H2,14,15,16,17). The lowest BCUT2D eigenvalue weighted by Gasteiger charge is -2.09. The van der Waals surface area contributed by atoms with E-state index in [0.29, 0.717) is 27.5 Å². The average Bonchev–Trinajstić information content (AvgIpc) is 2.34. The van der Waals surface area contributed by atoms with Gasteiger partial charge in [-0.05, 0) is 18.2 Å². The van der Waals surface area contributed by atoms with Crippen LogP contribution in [-0.4, -0.2) is 17.0 Å². The Morgan fingerprint density at radius 2 is 1.82 bits per heavy atom. The lowest BCUT2D eigenvalue weighted by Crippen LogP contribution is -2.00. The molecule has 2 N–H and O–H groups in total. The van der Waals surface area contributed by atoms with E-state index < -0.39 is 0 Å². The largest absolute Gasteiger partial charge is 0.357 e. The first kappa shape index (κ1) is 12.0. The smallest absolute Gasteiger partial charge is 0.224 e. The molecule has 1 aromatic heterocycles. The monoisotopic (exact) mass is 268 g/mol. The van der Waals surface area contributed by atoms with Gasteiger partial charge in [-0.3, -0.25) is 0 Å². The van der Waals surface area contributed by atoms with E-state index in [9.17, 15) is 0 Å². The molecule has 6 heteroatoms. The van der Waals surface area contributed by atoms with E-state index in [1.54, 1.807) is 37.5 Å². The Balaban J connectivity index is 2.31. The Kier molecular flexibility index (Phi) is 3.66. The molecule has 0 unspecified atom stereocenters. The van der Waals surface area contributed by atoms with Gasteiger partial charge in [0.05, 0.1) is 15.7 Å². The highest BCUT2D eigenvalue weighted by molar-refractivity contribution is 6.39. The molecule has 17 heavy (non-hydrogen) atoms. The van der Waals surface area contributed by atoms with Gasteiger partial charge in [-0.2, -0.15) is 4.98 Å². The second kappa shape index (κ2) is 5.21. The maximum atomic E-state index is 6.05. The molecular formula is C11H10Cl2N4. The van der Waals surface area contributed by atoms with Crippen molar-refractivity contribution in [1.82, 2.24) is 9.97 Å². The zero-order valence-electron chi connectivity index (χ0n) is 9.04. The number of nitrogens with one attached hydrogen (secondary N) is 2. The van der Waals surface area contributed by atoms with Gasteiger partial charge in [-0.1, -0.05) is 29.3 Å². The van der Waals surface area contributed by atoms with Crippen molar-refractivity contribution < 1.29 is 0 Å². The van der Waals surface area contributed by atoms with Gasteiger partial charge in [0.15, 0.2) is 0 Å². The maximum absolute atomic E-state index is 6.05. The summed E-state index contributed by atoms with van der Waals surface area (Å²) in [5, 5.41) is 7.00. The van der Waals surface area contributed by atoms with Crippen LogP contribution in [0, 0.1) is 0 Å². The summed E-state index contributed by atoms with van der Waals surface area (Å²) in [6.45, 7) is 0. The van der Waals surface area contributed by atoms with Crippen LogP contribution in [0.2, 0.25) is 10.0 Å². The summed E-state index contributed by atoms with van der Waals surface area (Å²) < 4.78 is 0. The Labute approximate surface area is 109 Å². The highest BCUT2D eigenvalue weighted by Crippen LogP contribution is 2.31. The third kappa shape index (κ3) is 2.78. The number of nitrogens with zero attached hydrogens (tertiary/aromatic N) is 2. The van der Waals surface area contributed by atoms with Crippen molar-refractivity contribution in [3.05, 3.63) is 40.5 Å². The SMILES string of the molecule is CNc1nccc(Nc2c(Cl)cccc2Cl)n1. The zero-order chi connectivity index (χ0) is 12.3. The minimum atomic E-state index is 0.526. The molecule has 0 radical (unpaired) electrons. The topological polar surface area (TPSA) is 49.8 Å². The molecule has 1 heterocycles.